The van der Waals surface area contributed by atoms with E-state index in [1.807, 2.05) is 13.8 Å². The number of aromatic nitrogens is 1. The average molecular weight is 323 g/mol. The minimum Gasteiger partial charge on any atom is -0.462 e. The van der Waals surface area contributed by atoms with Crippen LogP contribution in [0.4, 0.5) is 0 Å². The van der Waals surface area contributed by atoms with Crippen molar-refractivity contribution in [3.05, 3.63) is 23.6 Å². The van der Waals surface area contributed by atoms with Gasteiger partial charge in [0.25, 0.3) is 0 Å². The van der Waals surface area contributed by atoms with E-state index in [2.05, 4.69) is 25.8 Å². The largest absolute Gasteiger partial charge is 0.462 e. The molecule has 0 spiro atoms. The van der Waals surface area contributed by atoms with Crippen molar-refractivity contribution < 1.29 is 18.4 Å². The minimum atomic E-state index is -0.707. The zero-order chi connectivity index (χ0) is 16.5. The summed E-state index contributed by atoms with van der Waals surface area (Å²) in [7, 11) is -0.707. The highest BCUT2D eigenvalue weighted by molar-refractivity contribution is 6.31. The van der Waals surface area contributed by atoms with Crippen LogP contribution >= 0.6 is 0 Å². The maximum atomic E-state index is 11.8. The number of ether oxygens (including phenoxy) is 1. The molecule has 2 heterocycles. The molecule has 2 rings (SSSR count). The zero-order valence-electron chi connectivity index (χ0n) is 14.2. The van der Waals surface area contributed by atoms with Crippen LogP contribution in [-0.4, -0.2) is 27.3 Å². The van der Waals surface area contributed by atoms with Gasteiger partial charge in [-0.2, -0.15) is 0 Å². The van der Waals surface area contributed by atoms with Gasteiger partial charge in [-0.3, -0.25) is 0 Å². The first-order valence-electron chi connectivity index (χ1n) is 7.56. The average Bonchev–Trinajstić information content (AvgIpc) is 2.95. The molecule has 0 aliphatic heterocycles. The summed E-state index contributed by atoms with van der Waals surface area (Å²) in [5.74, 6) is -0.373. The smallest absolute Gasteiger partial charge is 0.354 e. The first kappa shape index (κ1) is 16.8. The molecule has 0 aliphatic carbocycles. The number of rotatable bonds is 5. The molecule has 2 aromatic heterocycles. The summed E-state index contributed by atoms with van der Waals surface area (Å²) >= 11 is 0. The molecular formula is C16H25NO4Si. The lowest BCUT2D eigenvalue weighted by atomic mass is 10.0. The number of hydrogen-bond acceptors (Lipinski definition) is 4. The SMILES string of the molecule is CCOC(=O)c1cc2occ(C(C)(C)O[SiH2]C(C)(C)C)c2[nH]1. The van der Waals surface area contributed by atoms with Gasteiger partial charge in [0.05, 0.1) is 24.0 Å². The van der Waals surface area contributed by atoms with Crippen LogP contribution in [0, 0.1) is 0 Å². The highest BCUT2D eigenvalue weighted by Crippen LogP contribution is 2.35. The van der Waals surface area contributed by atoms with Crippen molar-refractivity contribution in [2.45, 2.75) is 52.2 Å². The molecule has 6 heteroatoms. The molecule has 122 valence electrons. The molecule has 1 N–H and O–H groups in total. The van der Waals surface area contributed by atoms with Crippen molar-refractivity contribution in [3.63, 3.8) is 0 Å². The van der Waals surface area contributed by atoms with E-state index in [0.29, 0.717) is 17.9 Å². The third-order valence-corrected chi connectivity index (χ3v) is 5.10. The lowest BCUT2D eigenvalue weighted by Gasteiger charge is -2.29. The van der Waals surface area contributed by atoms with Crippen LogP contribution in [0.5, 0.6) is 0 Å². The van der Waals surface area contributed by atoms with Crippen molar-refractivity contribution in [1.29, 1.82) is 0 Å². The van der Waals surface area contributed by atoms with E-state index in [-0.39, 0.29) is 11.0 Å². The van der Waals surface area contributed by atoms with Crippen LogP contribution in [-0.2, 0) is 14.8 Å². The molecule has 0 bridgehead atoms. The number of esters is 1. The molecule has 0 saturated heterocycles. The Morgan fingerprint density at radius 3 is 2.59 bits per heavy atom. The Balaban J connectivity index is 2.29. The molecule has 5 nitrogen and oxygen atoms in total. The van der Waals surface area contributed by atoms with E-state index in [4.69, 9.17) is 13.6 Å². The first-order valence-corrected chi connectivity index (χ1v) is 8.84. The van der Waals surface area contributed by atoms with Crippen LogP contribution in [0.25, 0.3) is 11.1 Å². The third kappa shape index (κ3) is 3.62. The summed E-state index contributed by atoms with van der Waals surface area (Å²) in [6.45, 7) is 12.7. The van der Waals surface area contributed by atoms with Gasteiger partial charge in [-0.1, -0.05) is 20.8 Å². The monoisotopic (exact) mass is 323 g/mol. The van der Waals surface area contributed by atoms with Gasteiger partial charge in [0, 0.05) is 11.6 Å². The quantitative estimate of drug-likeness (QED) is 0.676. The summed E-state index contributed by atoms with van der Waals surface area (Å²) in [5.41, 5.74) is 2.32. The predicted octanol–water partition coefficient (Wildman–Crippen LogP) is 3.49. The summed E-state index contributed by atoms with van der Waals surface area (Å²) in [6, 6.07) is 1.67. The fourth-order valence-electron chi connectivity index (χ4n) is 2.15. The molecule has 0 radical (unpaired) electrons. The Bertz CT molecular complexity index is 663. The van der Waals surface area contributed by atoms with Crippen LogP contribution in [0.3, 0.4) is 0 Å². The molecule has 0 fully saturated rings. The Hall–Kier alpha value is -1.53. The van der Waals surface area contributed by atoms with Gasteiger partial charge in [0.1, 0.15) is 5.69 Å². The van der Waals surface area contributed by atoms with Crippen LogP contribution in [0.15, 0.2) is 16.7 Å². The summed E-state index contributed by atoms with van der Waals surface area (Å²) in [5, 5.41) is 0.214. The molecule has 22 heavy (non-hydrogen) atoms. The third-order valence-electron chi connectivity index (χ3n) is 3.36. The van der Waals surface area contributed by atoms with Crippen molar-refractivity contribution in [3.8, 4) is 0 Å². The number of carbonyl (C=O) groups excluding carboxylic acids is 1. The number of nitrogens with one attached hydrogen (secondary N) is 1. The molecule has 0 amide bonds. The molecule has 0 atom stereocenters. The minimum absolute atomic E-state index is 0.214. The van der Waals surface area contributed by atoms with E-state index in [9.17, 15) is 4.79 Å². The maximum Gasteiger partial charge on any atom is 0.354 e. The fraction of sp³-hybridized carbons (Fsp3) is 0.562. The molecule has 0 aliphatic rings. The highest BCUT2D eigenvalue weighted by atomic mass is 28.2. The van der Waals surface area contributed by atoms with Crippen molar-refractivity contribution >= 4 is 26.8 Å². The van der Waals surface area contributed by atoms with Gasteiger partial charge < -0.3 is 18.6 Å². The summed E-state index contributed by atoms with van der Waals surface area (Å²) < 4.78 is 16.8. The van der Waals surface area contributed by atoms with E-state index >= 15 is 0 Å². The molecule has 0 aromatic carbocycles. The number of carbonyl (C=O) groups is 1. The van der Waals surface area contributed by atoms with E-state index in [1.54, 1.807) is 19.3 Å². The van der Waals surface area contributed by atoms with E-state index < -0.39 is 15.4 Å². The molecular weight excluding hydrogens is 298 g/mol. The standard InChI is InChI=1S/C16H25NO4Si/c1-7-19-14(18)11-8-12-13(17-11)10(9-20-12)16(5,6)21-22-15(2,3)4/h8-9,17H,7,22H2,1-6H3. The second-order valence-electron chi connectivity index (χ2n) is 7.15. The highest BCUT2D eigenvalue weighted by Gasteiger charge is 2.29. The van der Waals surface area contributed by atoms with Crippen LogP contribution in [0.2, 0.25) is 5.04 Å². The van der Waals surface area contributed by atoms with E-state index in [1.165, 1.54) is 0 Å². The van der Waals surface area contributed by atoms with Gasteiger partial charge in [-0.15, -0.1) is 0 Å². The van der Waals surface area contributed by atoms with Crippen LogP contribution in [0.1, 0.15) is 57.6 Å². The van der Waals surface area contributed by atoms with Gasteiger partial charge in [0.2, 0.25) is 0 Å². The topological polar surface area (TPSA) is 64.5 Å². The van der Waals surface area contributed by atoms with E-state index in [0.717, 1.165) is 11.1 Å². The molecule has 2 aromatic rings. The van der Waals surface area contributed by atoms with Crippen molar-refractivity contribution in [2.75, 3.05) is 6.61 Å². The number of furan rings is 1. The summed E-state index contributed by atoms with van der Waals surface area (Å²) in [6.07, 6.45) is 1.70. The molecule has 0 unspecified atom stereocenters. The second-order valence-corrected chi connectivity index (χ2v) is 9.85. The predicted molar refractivity (Wildman–Crippen MR) is 88.9 cm³/mol. The Labute approximate surface area is 133 Å². The second kappa shape index (κ2) is 5.93. The lowest BCUT2D eigenvalue weighted by molar-refractivity contribution is 0.0520. The zero-order valence-corrected chi connectivity index (χ0v) is 15.6. The number of hydrogen-bond donors (Lipinski definition) is 1. The number of H-pyrrole nitrogens is 1. The Kier molecular flexibility index (Phi) is 4.53. The first-order chi connectivity index (χ1) is 10.1. The maximum absolute atomic E-state index is 11.8. The fourth-order valence-corrected chi connectivity index (χ4v) is 3.10. The lowest BCUT2D eigenvalue weighted by Crippen LogP contribution is -2.27. The van der Waals surface area contributed by atoms with Gasteiger partial charge in [0.15, 0.2) is 15.3 Å². The Morgan fingerprint density at radius 2 is 2.00 bits per heavy atom. The van der Waals surface area contributed by atoms with Gasteiger partial charge in [-0.05, 0) is 25.8 Å². The van der Waals surface area contributed by atoms with Gasteiger partial charge >= 0.3 is 5.97 Å². The normalized spacial score (nSPS) is 13.4. The number of fused-ring (bicyclic) bond motifs is 1. The summed E-state index contributed by atoms with van der Waals surface area (Å²) in [4.78, 5) is 14.9. The van der Waals surface area contributed by atoms with Crippen molar-refractivity contribution in [1.82, 2.24) is 4.98 Å². The van der Waals surface area contributed by atoms with Gasteiger partial charge in [-0.25, -0.2) is 4.79 Å². The van der Waals surface area contributed by atoms with Crippen molar-refractivity contribution in [2.24, 2.45) is 0 Å². The molecule has 0 saturated carbocycles. The van der Waals surface area contributed by atoms with Crippen LogP contribution < -0.4 is 0 Å². The number of aromatic amines is 1. The Morgan fingerprint density at radius 1 is 1.32 bits per heavy atom.